The second kappa shape index (κ2) is 8.81. The van der Waals surface area contributed by atoms with Gasteiger partial charge in [0, 0.05) is 18.5 Å². The zero-order valence-corrected chi connectivity index (χ0v) is 15.6. The Hall–Kier alpha value is -3.29. The molecular formula is C21H19F2NO5. The minimum absolute atomic E-state index is 0.0690. The van der Waals surface area contributed by atoms with E-state index in [0.717, 1.165) is 0 Å². The number of hydrogen-bond donors (Lipinski definition) is 0. The van der Waals surface area contributed by atoms with Crippen molar-refractivity contribution in [2.24, 2.45) is 0 Å². The van der Waals surface area contributed by atoms with Crippen LogP contribution in [0.5, 0.6) is 5.75 Å². The molecule has 0 saturated carbocycles. The van der Waals surface area contributed by atoms with Gasteiger partial charge in [-0.1, -0.05) is 12.1 Å². The molecule has 1 aliphatic rings. The number of ketones is 1. The average Bonchev–Trinajstić information content (AvgIpc) is 3.13. The first-order chi connectivity index (χ1) is 13.9. The summed E-state index contributed by atoms with van der Waals surface area (Å²) in [6, 6.07) is 11.7. The third-order valence-corrected chi connectivity index (χ3v) is 4.51. The number of alkyl halides is 2. The Kier molecular flexibility index (Phi) is 6.21. The van der Waals surface area contributed by atoms with Crippen LogP contribution in [0.15, 0.2) is 48.5 Å². The zero-order chi connectivity index (χ0) is 21.0. The monoisotopic (exact) mass is 403 g/mol. The molecule has 152 valence electrons. The minimum atomic E-state index is -2.96. The molecule has 8 heteroatoms. The largest absolute Gasteiger partial charge is 0.451 e. The van der Waals surface area contributed by atoms with E-state index in [1.807, 2.05) is 0 Å². The van der Waals surface area contributed by atoms with Crippen LogP contribution in [0.3, 0.4) is 0 Å². The van der Waals surface area contributed by atoms with Gasteiger partial charge >= 0.3 is 12.6 Å². The normalized spacial score (nSPS) is 14.8. The number of esters is 1. The van der Waals surface area contributed by atoms with Gasteiger partial charge in [0.15, 0.2) is 6.10 Å². The highest BCUT2D eigenvalue weighted by Crippen LogP contribution is 2.26. The molecule has 1 amide bonds. The maximum absolute atomic E-state index is 12.6. The lowest BCUT2D eigenvalue weighted by atomic mass is 10.1. The molecule has 1 heterocycles. The van der Waals surface area contributed by atoms with Crippen molar-refractivity contribution in [3.63, 3.8) is 0 Å². The van der Waals surface area contributed by atoms with Crippen LogP contribution in [0, 0.1) is 0 Å². The number of halogens is 2. The number of anilines is 1. The fourth-order valence-electron chi connectivity index (χ4n) is 3.10. The fraction of sp³-hybridized carbons (Fsp3) is 0.286. The number of hydrogen-bond acceptors (Lipinski definition) is 5. The standard InChI is InChI=1S/C21H19F2NO5/c1-13(19(26)14-8-10-15(11-9-14)29-21(22)23)28-20(27)16-5-2-3-6-17(16)24-12-4-7-18(24)25/h2-3,5-6,8-11,13,21H,4,7,12H2,1H3/t13-/m1/s1. The first-order valence-corrected chi connectivity index (χ1v) is 9.06. The third-order valence-electron chi connectivity index (χ3n) is 4.51. The zero-order valence-electron chi connectivity index (χ0n) is 15.6. The predicted molar refractivity (Wildman–Crippen MR) is 100 cm³/mol. The summed E-state index contributed by atoms with van der Waals surface area (Å²) in [6.45, 7) is -1.02. The maximum Gasteiger partial charge on any atom is 0.387 e. The molecule has 1 aliphatic heterocycles. The first kappa shape index (κ1) is 20.4. The van der Waals surface area contributed by atoms with Gasteiger partial charge in [0.2, 0.25) is 11.7 Å². The molecule has 6 nitrogen and oxygen atoms in total. The number of rotatable bonds is 7. The fourth-order valence-corrected chi connectivity index (χ4v) is 3.10. The van der Waals surface area contributed by atoms with Crippen molar-refractivity contribution < 1.29 is 32.6 Å². The van der Waals surface area contributed by atoms with Gasteiger partial charge in [0.1, 0.15) is 5.75 Å². The highest BCUT2D eigenvalue weighted by atomic mass is 19.3. The van der Waals surface area contributed by atoms with E-state index in [1.165, 1.54) is 42.2 Å². The number of carbonyl (C=O) groups excluding carboxylic acids is 3. The molecule has 2 aromatic rings. The summed E-state index contributed by atoms with van der Waals surface area (Å²) in [6.07, 6.45) is 0.0260. The van der Waals surface area contributed by atoms with Gasteiger partial charge in [-0.05, 0) is 49.7 Å². The molecule has 1 fully saturated rings. The Morgan fingerprint density at radius 1 is 1.07 bits per heavy atom. The van der Waals surface area contributed by atoms with Crippen molar-refractivity contribution >= 4 is 23.3 Å². The van der Waals surface area contributed by atoms with Gasteiger partial charge in [-0.25, -0.2) is 4.79 Å². The van der Waals surface area contributed by atoms with Crippen molar-refractivity contribution in [3.05, 3.63) is 59.7 Å². The van der Waals surface area contributed by atoms with Crippen molar-refractivity contribution in [1.29, 1.82) is 0 Å². The van der Waals surface area contributed by atoms with Crippen LogP contribution in [-0.2, 0) is 9.53 Å². The van der Waals surface area contributed by atoms with Crippen LogP contribution < -0.4 is 9.64 Å². The number of ether oxygens (including phenoxy) is 2. The predicted octanol–water partition coefficient (Wildman–Crippen LogP) is 3.84. The quantitative estimate of drug-likeness (QED) is 0.519. The summed E-state index contributed by atoms with van der Waals surface area (Å²) >= 11 is 0. The van der Waals surface area contributed by atoms with Gasteiger partial charge in [-0.2, -0.15) is 8.78 Å². The van der Waals surface area contributed by atoms with Gasteiger partial charge in [0.05, 0.1) is 11.3 Å². The van der Waals surface area contributed by atoms with E-state index >= 15 is 0 Å². The second-order valence-corrected chi connectivity index (χ2v) is 6.48. The van der Waals surface area contributed by atoms with Crippen molar-refractivity contribution in [2.45, 2.75) is 32.5 Å². The number of para-hydroxylation sites is 1. The van der Waals surface area contributed by atoms with Crippen LogP contribution >= 0.6 is 0 Å². The molecular weight excluding hydrogens is 384 g/mol. The van der Waals surface area contributed by atoms with Gasteiger partial charge in [-0.15, -0.1) is 0 Å². The molecule has 0 unspecified atom stereocenters. The van der Waals surface area contributed by atoms with Crippen molar-refractivity contribution in [3.8, 4) is 5.75 Å². The Balaban J connectivity index is 1.71. The Morgan fingerprint density at radius 2 is 1.76 bits per heavy atom. The highest BCUT2D eigenvalue weighted by Gasteiger charge is 2.28. The number of benzene rings is 2. The van der Waals surface area contributed by atoms with E-state index < -0.39 is 24.5 Å². The summed E-state index contributed by atoms with van der Waals surface area (Å²) in [4.78, 5) is 38.7. The molecule has 29 heavy (non-hydrogen) atoms. The Bertz CT molecular complexity index is 914. The molecule has 0 spiro atoms. The average molecular weight is 403 g/mol. The molecule has 0 aliphatic carbocycles. The summed E-state index contributed by atoms with van der Waals surface area (Å²) in [5.41, 5.74) is 0.839. The van der Waals surface area contributed by atoms with Crippen molar-refractivity contribution in [2.75, 3.05) is 11.4 Å². The summed E-state index contributed by atoms with van der Waals surface area (Å²) in [7, 11) is 0. The number of amides is 1. The lowest BCUT2D eigenvalue weighted by Crippen LogP contribution is -2.28. The molecule has 0 N–H and O–H groups in total. The number of carbonyl (C=O) groups is 3. The van der Waals surface area contributed by atoms with E-state index in [4.69, 9.17) is 4.74 Å². The molecule has 0 radical (unpaired) electrons. The first-order valence-electron chi connectivity index (χ1n) is 9.06. The van der Waals surface area contributed by atoms with Crippen LogP contribution in [0.4, 0.5) is 14.5 Å². The van der Waals surface area contributed by atoms with Gasteiger partial charge in [0.25, 0.3) is 0 Å². The molecule has 0 aromatic heterocycles. The third kappa shape index (κ3) is 4.77. The molecule has 1 atom stereocenters. The lowest BCUT2D eigenvalue weighted by molar-refractivity contribution is -0.117. The summed E-state index contributed by atoms with van der Waals surface area (Å²) < 4.78 is 34.0. The van der Waals surface area contributed by atoms with Crippen LogP contribution in [0.2, 0.25) is 0 Å². The van der Waals surface area contributed by atoms with E-state index in [9.17, 15) is 23.2 Å². The summed E-state index contributed by atoms with van der Waals surface area (Å²) in [5, 5.41) is 0. The number of nitrogens with zero attached hydrogens (tertiary/aromatic N) is 1. The van der Waals surface area contributed by atoms with E-state index in [0.29, 0.717) is 25.1 Å². The molecule has 0 bridgehead atoms. The minimum Gasteiger partial charge on any atom is -0.451 e. The van der Waals surface area contributed by atoms with E-state index in [-0.39, 0.29) is 22.8 Å². The SMILES string of the molecule is C[C@@H](OC(=O)c1ccccc1N1CCCC1=O)C(=O)c1ccc(OC(F)F)cc1. The maximum atomic E-state index is 12.6. The van der Waals surface area contributed by atoms with E-state index in [1.54, 1.807) is 18.2 Å². The van der Waals surface area contributed by atoms with Crippen molar-refractivity contribution in [1.82, 2.24) is 0 Å². The van der Waals surface area contributed by atoms with Gasteiger partial charge in [-0.3, -0.25) is 9.59 Å². The smallest absolute Gasteiger partial charge is 0.387 e. The Labute approximate surface area is 166 Å². The Morgan fingerprint density at radius 3 is 2.38 bits per heavy atom. The summed E-state index contributed by atoms with van der Waals surface area (Å²) in [5.74, 6) is -1.36. The molecule has 2 aromatic carbocycles. The molecule has 1 saturated heterocycles. The second-order valence-electron chi connectivity index (χ2n) is 6.48. The molecule has 3 rings (SSSR count). The van der Waals surface area contributed by atoms with Gasteiger partial charge < -0.3 is 14.4 Å². The van der Waals surface area contributed by atoms with Crippen LogP contribution in [0.1, 0.15) is 40.5 Å². The topological polar surface area (TPSA) is 72.9 Å². The number of Topliss-reactive ketones (excluding diaryl/α,β-unsaturated/α-hetero) is 1. The van der Waals surface area contributed by atoms with E-state index in [2.05, 4.69) is 4.74 Å². The lowest BCUT2D eigenvalue weighted by Gasteiger charge is -2.20. The van der Waals surface area contributed by atoms with Crippen LogP contribution in [-0.4, -0.2) is 36.9 Å². The highest BCUT2D eigenvalue weighted by molar-refractivity contribution is 6.05. The van der Waals surface area contributed by atoms with Crippen LogP contribution in [0.25, 0.3) is 0 Å².